The summed E-state index contributed by atoms with van der Waals surface area (Å²) in [5.41, 5.74) is 5.18. The topological polar surface area (TPSA) is 26.3 Å². The average molecular weight is 507 g/mol. The summed E-state index contributed by atoms with van der Waals surface area (Å²) in [5.74, 6) is 3.09. The summed E-state index contributed by atoms with van der Waals surface area (Å²) in [4.78, 5) is 0. The number of benzene rings is 2. The van der Waals surface area contributed by atoms with Crippen molar-refractivity contribution in [1.29, 1.82) is 0 Å². The Morgan fingerprint density at radius 2 is 0.868 bits per heavy atom. The molecule has 0 unspecified atom stereocenters. The first kappa shape index (κ1) is 27.5. The van der Waals surface area contributed by atoms with Crippen LogP contribution < -0.4 is 0 Å². The predicted octanol–water partition coefficient (Wildman–Crippen LogP) is 11.1. The van der Waals surface area contributed by atoms with Crippen molar-refractivity contribution in [2.24, 2.45) is 0 Å². The molecule has 0 spiro atoms. The molecule has 0 bridgehead atoms. The van der Waals surface area contributed by atoms with Gasteiger partial charge in [-0.15, -0.1) is 0 Å². The number of unbranched alkanes of at least 4 members (excludes halogenated alkanes) is 6. The highest BCUT2D eigenvalue weighted by Gasteiger charge is 2.08. The first-order chi connectivity index (χ1) is 18.7. The van der Waals surface area contributed by atoms with Crippen LogP contribution in [0.2, 0.25) is 0 Å². The monoisotopic (exact) mass is 506 g/mol. The van der Waals surface area contributed by atoms with Crippen LogP contribution >= 0.6 is 0 Å². The maximum atomic E-state index is 6.02. The Labute approximate surface area is 229 Å². The van der Waals surface area contributed by atoms with E-state index < -0.39 is 0 Å². The van der Waals surface area contributed by atoms with E-state index in [1.54, 1.807) is 0 Å². The standard InChI is InChI=1S/C36H42O2/c1-3-5-7-9-11-29-13-17-31(18-14-29)21-23-33-25-27-35(37-33)36-28-26-34(38-36)24-22-32-19-15-30(16-20-32)12-10-8-6-4-2/h13-28H,3-12H2,1-2H3/b23-21+,24-22+. The molecule has 2 aromatic heterocycles. The number of aryl methyl sites for hydroxylation is 2. The van der Waals surface area contributed by atoms with E-state index in [1.807, 2.05) is 36.4 Å². The molecule has 4 rings (SSSR count). The highest BCUT2D eigenvalue weighted by Crippen LogP contribution is 2.26. The smallest absolute Gasteiger partial charge is 0.170 e. The molecule has 0 fully saturated rings. The molecule has 0 saturated heterocycles. The van der Waals surface area contributed by atoms with Crippen LogP contribution in [-0.2, 0) is 12.8 Å². The van der Waals surface area contributed by atoms with Gasteiger partial charge in [-0.05, 0) is 84.4 Å². The van der Waals surface area contributed by atoms with E-state index in [4.69, 9.17) is 8.83 Å². The second-order valence-electron chi connectivity index (χ2n) is 10.2. The Hall–Kier alpha value is -3.52. The molecule has 0 radical (unpaired) electrons. The van der Waals surface area contributed by atoms with E-state index >= 15 is 0 Å². The first-order valence-corrected chi connectivity index (χ1v) is 14.5. The van der Waals surface area contributed by atoms with Crippen LogP contribution in [0.5, 0.6) is 0 Å². The number of rotatable bonds is 15. The van der Waals surface area contributed by atoms with Gasteiger partial charge < -0.3 is 8.83 Å². The second kappa shape index (κ2) is 15.0. The lowest BCUT2D eigenvalue weighted by Gasteiger charge is -2.02. The third-order valence-corrected chi connectivity index (χ3v) is 6.97. The molecular formula is C36H42O2. The van der Waals surface area contributed by atoms with Crippen molar-refractivity contribution in [3.05, 3.63) is 107 Å². The van der Waals surface area contributed by atoms with Crippen molar-refractivity contribution in [2.75, 3.05) is 0 Å². The summed E-state index contributed by atoms with van der Waals surface area (Å²) in [7, 11) is 0. The van der Waals surface area contributed by atoms with Crippen LogP contribution in [0.15, 0.2) is 81.6 Å². The largest absolute Gasteiger partial charge is 0.453 e. The minimum Gasteiger partial charge on any atom is -0.453 e. The fourth-order valence-corrected chi connectivity index (χ4v) is 4.61. The van der Waals surface area contributed by atoms with E-state index in [2.05, 4.69) is 74.5 Å². The van der Waals surface area contributed by atoms with Gasteiger partial charge in [0.2, 0.25) is 0 Å². The molecule has 2 heterocycles. The summed E-state index contributed by atoms with van der Waals surface area (Å²) < 4.78 is 12.0. The fraction of sp³-hybridized carbons (Fsp3) is 0.333. The van der Waals surface area contributed by atoms with Gasteiger partial charge in [-0.1, -0.05) is 113 Å². The number of furan rings is 2. The molecule has 0 aliphatic heterocycles. The molecule has 0 aliphatic carbocycles. The van der Waals surface area contributed by atoms with E-state index in [0.717, 1.165) is 35.9 Å². The van der Waals surface area contributed by atoms with Gasteiger partial charge in [0.25, 0.3) is 0 Å². The average Bonchev–Trinajstić information content (AvgIpc) is 3.62. The molecule has 0 amide bonds. The lowest BCUT2D eigenvalue weighted by molar-refractivity contribution is 0.515. The molecule has 0 N–H and O–H groups in total. The second-order valence-corrected chi connectivity index (χ2v) is 10.2. The normalized spacial score (nSPS) is 11.7. The molecule has 4 aromatic rings. The summed E-state index contributed by atoms with van der Waals surface area (Å²) in [6.45, 7) is 4.51. The highest BCUT2D eigenvalue weighted by molar-refractivity contribution is 5.70. The molecule has 2 aromatic carbocycles. The predicted molar refractivity (Wildman–Crippen MR) is 163 cm³/mol. The molecule has 0 atom stereocenters. The molecule has 0 aliphatic rings. The Bertz CT molecular complexity index is 1160. The van der Waals surface area contributed by atoms with Gasteiger partial charge in [0, 0.05) is 0 Å². The zero-order valence-corrected chi connectivity index (χ0v) is 23.1. The fourth-order valence-electron chi connectivity index (χ4n) is 4.61. The maximum absolute atomic E-state index is 6.02. The zero-order chi connectivity index (χ0) is 26.4. The SMILES string of the molecule is CCCCCCc1ccc(/C=C/c2ccc(-c3ccc(/C=C/c4ccc(CCCCCC)cc4)o3)o2)cc1. The summed E-state index contributed by atoms with van der Waals surface area (Å²) in [6, 6.07) is 25.6. The van der Waals surface area contributed by atoms with Crippen molar-refractivity contribution in [1.82, 2.24) is 0 Å². The van der Waals surface area contributed by atoms with Gasteiger partial charge in [0.05, 0.1) is 0 Å². The Kier molecular flexibility index (Phi) is 10.9. The van der Waals surface area contributed by atoms with Crippen LogP contribution in [0.3, 0.4) is 0 Å². The van der Waals surface area contributed by atoms with E-state index in [-0.39, 0.29) is 0 Å². The minimum absolute atomic E-state index is 0.735. The summed E-state index contributed by atoms with van der Waals surface area (Å²) in [5, 5.41) is 0. The van der Waals surface area contributed by atoms with Gasteiger partial charge in [0.1, 0.15) is 11.5 Å². The van der Waals surface area contributed by atoms with Gasteiger partial charge >= 0.3 is 0 Å². The van der Waals surface area contributed by atoms with Crippen molar-refractivity contribution >= 4 is 24.3 Å². The summed E-state index contributed by atoms with van der Waals surface area (Å²) >= 11 is 0. The number of hydrogen-bond donors (Lipinski definition) is 0. The van der Waals surface area contributed by atoms with Crippen LogP contribution in [0.1, 0.15) is 99.0 Å². The molecule has 38 heavy (non-hydrogen) atoms. The highest BCUT2D eigenvalue weighted by atomic mass is 16.4. The Morgan fingerprint density at radius 1 is 0.447 bits per heavy atom. The maximum Gasteiger partial charge on any atom is 0.170 e. The zero-order valence-electron chi connectivity index (χ0n) is 23.1. The van der Waals surface area contributed by atoms with Crippen molar-refractivity contribution in [3.63, 3.8) is 0 Å². The summed E-state index contributed by atoms with van der Waals surface area (Å²) in [6.07, 6.45) is 20.9. The molecular weight excluding hydrogens is 464 g/mol. The van der Waals surface area contributed by atoms with Crippen molar-refractivity contribution in [3.8, 4) is 11.5 Å². The van der Waals surface area contributed by atoms with Crippen molar-refractivity contribution < 1.29 is 8.83 Å². The van der Waals surface area contributed by atoms with Crippen LogP contribution in [0.4, 0.5) is 0 Å². The van der Waals surface area contributed by atoms with Crippen molar-refractivity contribution in [2.45, 2.75) is 78.1 Å². The van der Waals surface area contributed by atoms with E-state index in [9.17, 15) is 0 Å². The lowest BCUT2D eigenvalue weighted by atomic mass is 10.0. The Balaban J connectivity index is 1.28. The van der Waals surface area contributed by atoms with Crippen LogP contribution in [-0.4, -0.2) is 0 Å². The molecule has 2 nitrogen and oxygen atoms in total. The first-order valence-electron chi connectivity index (χ1n) is 14.5. The van der Waals surface area contributed by atoms with Gasteiger partial charge in [0.15, 0.2) is 11.5 Å². The van der Waals surface area contributed by atoms with Gasteiger partial charge in [-0.25, -0.2) is 0 Å². The van der Waals surface area contributed by atoms with Gasteiger partial charge in [-0.2, -0.15) is 0 Å². The number of hydrogen-bond acceptors (Lipinski definition) is 2. The minimum atomic E-state index is 0.735. The molecule has 2 heteroatoms. The Morgan fingerprint density at radius 3 is 1.26 bits per heavy atom. The lowest BCUT2D eigenvalue weighted by Crippen LogP contribution is -1.85. The third kappa shape index (κ3) is 8.80. The van der Waals surface area contributed by atoms with Crippen LogP contribution in [0, 0.1) is 0 Å². The van der Waals surface area contributed by atoms with E-state index in [1.165, 1.54) is 73.6 Å². The quantitative estimate of drug-likeness (QED) is 0.150. The molecule has 0 saturated carbocycles. The third-order valence-electron chi connectivity index (χ3n) is 6.97. The molecule has 198 valence electrons. The van der Waals surface area contributed by atoms with Gasteiger partial charge in [-0.3, -0.25) is 0 Å². The van der Waals surface area contributed by atoms with Crippen LogP contribution in [0.25, 0.3) is 35.8 Å². The van der Waals surface area contributed by atoms with E-state index in [0.29, 0.717) is 0 Å².